The van der Waals surface area contributed by atoms with Crippen LogP contribution in [0, 0.1) is 17.8 Å². The van der Waals surface area contributed by atoms with E-state index in [1.54, 1.807) is 9.80 Å². The average molecular weight is 1490 g/mol. The predicted octanol–water partition coefficient (Wildman–Crippen LogP) is -2.28. The van der Waals surface area contributed by atoms with Gasteiger partial charge < -0.3 is 134 Å². The van der Waals surface area contributed by atoms with E-state index in [0.29, 0.717) is 64.7 Å². The highest BCUT2D eigenvalue weighted by Gasteiger charge is 2.55. The largest absolute Gasteiger partial charge is 0.394 e. The van der Waals surface area contributed by atoms with Gasteiger partial charge in [-0.3, -0.25) is 28.8 Å². The van der Waals surface area contributed by atoms with Crippen LogP contribution < -0.4 is 16.0 Å². The summed E-state index contributed by atoms with van der Waals surface area (Å²) in [5, 5.41) is 119. The van der Waals surface area contributed by atoms with E-state index in [1.165, 1.54) is 27.7 Å². The van der Waals surface area contributed by atoms with Gasteiger partial charge in [-0.05, 0) is 89.9 Å². The number of carbonyl (C=O) groups is 6. The fraction of sp³-hybridized carbons (Fsp3) is 0.915. The highest BCUT2D eigenvalue weighted by Crippen LogP contribution is 2.41. The second kappa shape index (κ2) is 39.2. The maximum atomic E-state index is 14.5. The number of hydrogen-bond acceptors (Lipinski definition) is 28. The Morgan fingerprint density at radius 2 is 0.875 bits per heavy atom. The van der Waals surface area contributed by atoms with E-state index in [4.69, 9.17) is 56.8 Å². The number of nitrogens with one attached hydrogen (secondary N) is 3. The fourth-order valence-electron chi connectivity index (χ4n) is 16.6. The van der Waals surface area contributed by atoms with E-state index >= 15 is 0 Å². The number of rotatable bonds is 32. The molecule has 10 aliphatic rings. The number of aliphatic hydroxyl groups excluding tert-OH is 10. The molecule has 0 aromatic rings. The van der Waals surface area contributed by atoms with Gasteiger partial charge in [-0.1, -0.05) is 64.2 Å². The number of aliphatic hydroxyl groups is 10. The molecule has 13 N–H and O–H groups in total. The second-order valence-corrected chi connectivity index (χ2v) is 30.4. The number of likely N-dealkylation sites (tertiary alicyclic amines) is 2. The molecule has 0 unspecified atom stereocenters. The van der Waals surface area contributed by atoms with Crippen molar-refractivity contribution in [3.8, 4) is 0 Å². The summed E-state index contributed by atoms with van der Waals surface area (Å²) in [6.07, 6.45) is -19.8. The molecule has 0 aromatic carbocycles. The number of ether oxygens (including phenoxy) is 12. The summed E-state index contributed by atoms with van der Waals surface area (Å²) in [6.45, 7) is 4.37. The molecule has 4 aliphatic carbocycles. The Balaban J connectivity index is 0.853. The van der Waals surface area contributed by atoms with Gasteiger partial charge in [-0.25, -0.2) is 0 Å². The molecular formula is C71H117N5O28. The first-order valence-corrected chi connectivity index (χ1v) is 38.2. The third kappa shape index (κ3) is 21.2. The highest BCUT2D eigenvalue weighted by atomic mass is 16.7. The van der Waals surface area contributed by atoms with Gasteiger partial charge in [0, 0.05) is 52.4 Å². The first kappa shape index (κ1) is 82.6. The summed E-state index contributed by atoms with van der Waals surface area (Å²) in [5.41, 5.74) is 0. The smallest absolute Gasteiger partial charge is 0.251 e. The molecular weight excluding hydrogens is 1370 g/mol. The van der Waals surface area contributed by atoms with Crippen LogP contribution in [0.25, 0.3) is 0 Å². The number of nitrogens with zero attached hydrogens (tertiary/aromatic N) is 2. The average Bonchev–Trinajstić information content (AvgIpc) is 0.783. The number of ketones is 1. The zero-order valence-electron chi connectivity index (χ0n) is 60.5. The molecule has 0 spiro atoms. The minimum absolute atomic E-state index is 0.109. The van der Waals surface area contributed by atoms with Crippen LogP contribution in [0.2, 0.25) is 0 Å². The highest BCUT2D eigenvalue weighted by molar-refractivity contribution is 5.82. The molecule has 6 heterocycles. The van der Waals surface area contributed by atoms with Crippen molar-refractivity contribution in [2.75, 3.05) is 65.8 Å². The third-order valence-corrected chi connectivity index (χ3v) is 22.7. The van der Waals surface area contributed by atoms with Crippen LogP contribution in [0.5, 0.6) is 0 Å². The Morgan fingerprint density at radius 3 is 1.32 bits per heavy atom. The van der Waals surface area contributed by atoms with Gasteiger partial charge in [-0.2, -0.15) is 0 Å². The van der Waals surface area contributed by atoms with E-state index in [-0.39, 0.29) is 49.7 Å². The third-order valence-electron chi connectivity index (χ3n) is 22.7. The van der Waals surface area contributed by atoms with Gasteiger partial charge in [0.15, 0.2) is 30.9 Å². The minimum Gasteiger partial charge on any atom is -0.394 e. The Hall–Kier alpha value is -3.86. The molecule has 594 valence electrons. The summed E-state index contributed by atoms with van der Waals surface area (Å²) in [6, 6.07) is -2.98. The lowest BCUT2D eigenvalue weighted by molar-refractivity contribution is -0.340. The molecule has 33 nitrogen and oxygen atoms in total. The zero-order chi connectivity index (χ0) is 74.5. The molecule has 4 saturated carbocycles. The van der Waals surface area contributed by atoms with Gasteiger partial charge in [0.2, 0.25) is 17.7 Å². The topological polar surface area (TPSA) is 458 Å². The quantitative estimate of drug-likeness (QED) is 0.0316. The SMILES string of the molecule is CC(=O)N[C@H]1CCC[C@@H](O[C@@H]2O[C@H](CO)[C@H](O)[C@H](O[C@@H](CC3CCCCC3)C(=O)N3CCC3)[C@H]2CC(=O)COCCOCC(=O)N[C@H]2[C@H](O[C@@H]3CCC[C@H](NC(C)=O)[C@H]3O[C@@H]3O[C@@H](C)[C@@H](O)[C@@H](O)[C@@H]3O)O[C@H](CO)[C@H](O)[C@@H]2O[C@@H](CC2CCCCC2)C(=O)N2CCC2)[C@@H]1O[C@@H]1O[C@@H](C)[C@@H](O)[C@@H](O)[C@@H]1O. The molecule has 6 saturated heterocycles. The molecule has 10 rings (SSSR count). The molecule has 0 bridgehead atoms. The van der Waals surface area contributed by atoms with Crippen molar-refractivity contribution < 1.29 is 137 Å². The molecule has 6 aliphatic heterocycles. The summed E-state index contributed by atoms with van der Waals surface area (Å²) in [7, 11) is 0. The Bertz CT molecular complexity index is 2550. The summed E-state index contributed by atoms with van der Waals surface area (Å²) in [5.74, 6) is -3.72. The first-order chi connectivity index (χ1) is 49.9. The number of amides is 5. The van der Waals surface area contributed by atoms with Crippen molar-refractivity contribution in [3.63, 3.8) is 0 Å². The number of hydrogen-bond donors (Lipinski definition) is 13. The Labute approximate surface area is 607 Å². The monoisotopic (exact) mass is 1490 g/mol. The molecule has 104 heavy (non-hydrogen) atoms. The van der Waals surface area contributed by atoms with Crippen LogP contribution in [-0.4, -0.2) is 327 Å². The van der Waals surface area contributed by atoms with Crippen molar-refractivity contribution >= 4 is 35.3 Å². The van der Waals surface area contributed by atoms with E-state index in [2.05, 4.69) is 16.0 Å². The maximum absolute atomic E-state index is 14.5. The van der Waals surface area contributed by atoms with Crippen molar-refractivity contribution in [2.24, 2.45) is 17.8 Å². The summed E-state index contributed by atoms with van der Waals surface area (Å²) < 4.78 is 76.1. The van der Waals surface area contributed by atoms with Gasteiger partial charge in [0.05, 0.1) is 69.0 Å². The van der Waals surface area contributed by atoms with Crippen LogP contribution >= 0.6 is 0 Å². The Morgan fingerprint density at radius 1 is 0.442 bits per heavy atom. The van der Waals surface area contributed by atoms with Crippen molar-refractivity contribution in [1.82, 2.24) is 25.8 Å². The standard InChI is InChI=1S/C71H117N5O28/c1-36-54(83)58(87)60(89)70(95-36)103-63-44(72-38(3)79)19-11-21-46(63)99-68-43(62(56(85)50(32-77)101-68)97-48(66(91)75-23-13-24-75)29-40-15-7-5-8-16-40)31-42(81)34-93-27-28-94-35-52(82)74-53-65(98-49(67(92)76-25-14-26-76)30-41-17-9-6-10-18-41)57(86)51(33-78)102-69(53)100-47-22-12-20-45(73-39(4)80)64(47)104-71-61(90)59(88)55(84)37(2)96-71/h36-37,40-41,43-51,53-65,68-71,77-78,83-90H,5-35H2,1-4H3,(H,72,79)(H,73,80)(H,74,82)/t36-,37-,43+,44-,45-,46+,47+,48-,49-,50+,51+,53+,54+,55+,56-,57-,58+,59+,60-,61-,62+,63+,64+,65+,68+,69+,70-,71-/m0/s1. The van der Waals surface area contributed by atoms with Gasteiger partial charge >= 0.3 is 0 Å². The van der Waals surface area contributed by atoms with Gasteiger partial charge in [-0.15, -0.1) is 0 Å². The van der Waals surface area contributed by atoms with Crippen LogP contribution in [0.1, 0.15) is 163 Å². The van der Waals surface area contributed by atoms with E-state index in [0.717, 1.165) is 77.0 Å². The van der Waals surface area contributed by atoms with Gasteiger partial charge in [0.25, 0.3) is 11.8 Å². The van der Waals surface area contributed by atoms with Crippen molar-refractivity contribution in [3.05, 3.63) is 0 Å². The molecule has 0 aromatic heterocycles. The van der Waals surface area contributed by atoms with Crippen LogP contribution in [0.15, 0.2) is 0 Å². The van der Waals surface area contributed by atoms with Crippen LogP contribution in [-0.2, 0) is 85.6 Å². The number of carbonyl (C=O) groups excluding carboxylic acids is 6. The molecule has 0 radical (unpaired) electrons. The van der Waals surface area contributed by atoms with E-state index < -0.39 is 228 Å². The van der Waals surface area contributed by atoms with Crippen molar-refractivity contribution in [2.45, 2.75) is 328 Å². The normalized spacial score (nSPS) is 39.5. The fourth-order valence-corrected chi connectivity index (χ4v) is 16.6. The van der Waals surface area contributed by atoms with Crippen molar-refractivity contribution in [1.29, 1.82) is 0 Å². The molecule has 5 amide bonds. The lowest BCUT2D eigenvalue weighted by Crippen LogP contribution is -2.68. The van der Waals surface area contributed by atoms with Crippen LogP contribution in [0.3, 0.4) is 0 Å². The predicted molar refractivity (Wildman–Crippen MR) is 359 cm³/mol. The van der Waals surface area contributed by atoms with E-state index in [9.17, 15) is 79.8 Å². The lowest BCUT2D eigenvalue weighted by Gasteiger charge is -2.49. The second-order valence-electron chi connectivity index (χ2n) is 30.4. The summed E-state index contributed by atoms with van der Waals surface area (Å²) >= 11 is 0. The Kier molecular flexibility index (Phi) is 31.1. The first-order valence-electron chi connectivity index (χ1n) is 38.2. The molecule has 10 fully saturated rings. The number of Topliss-reactive ketones (excluding diaryl/α,β-unsaturated/α-hetero) is 1. The lowest BCUT2D eigenvalue weighted by atomic mass is 9.83. The van der Waals surface area contributed by atoms with Gasteiger partial charge in [0.1, 0.15) is 111 Å². The summed E-state index contributed by atoms with van der Waals surface area (Å²) in [4.78, 5) is 86.5. The molecule has 33 heteroatoms. The molecule has 28 atom stereocenters. The zero-order valence-corrected chi connectivity index (χ0v) is 60.5. The minimum atomic E-state index is -1.74. The van der Waals surface area contributed by atoms with Crippen LogP contribution in [0.4, 0.5) is 0 Å². The van der Waals surface area contributed by atoms with E-state index in [1.807, 2.05) is 0 Å². The maximum Gasteiger partial charge on any atom is 0.251 e.